The number of nitrogens with one attached hydrogen (secondary N) is 1. The van der Waals surface area contributed by atoms with E-state index in [1.54, 1.807) is 30.3 Å². The Kier molecular flexibility index (Phi) is 6.13. The molecule has 0 spiro atoms. The summed E-state index contributed by atoms with van der Waals surface area (Å²) in [5.74, 6) is -1.75. The van der Waals surface area contributed by atoms with Crippen molar-refractivity contribution in [3.8, 4) is 5.75 Å². The molecule has 1 atom stereocenters. The Hall–Kier alpha value is -2.59. The van der Waals surface area contributed by atoms with Crippen LogP contribution in [0.3, 0.4) is 0 Å². The highest BCUT2D eigenvalue weighted by atomic mass is 32.2. The van der Waals surface area contributed by atoms with Gasteiger partial charge in [0, 0.05) is 18.8 Å². The predicted molar refractivity (Wildman–Crippen MR) is 99.7 cm³/mol. The number of amides is 1. The van der Waals surface area contributed by atoms with Crippen molar-refractivity contribution >= 4 is 21.6 Å². The van der Waals surface area contributed by atoms with Crippen LogP contribution < -0.4 is 10.1 Å². The van der Waals surface area contributed by atoms with Crippen LogP contribution in [-0.4, -0.2) is 38.1 Å². The zero-order chi connectivity index (χ0) is 21.1. The van der Waals surface area contributed by atoms with E-state index in [0.29, 0.717) is 18.5 Å². The third-order valence-electron chi connectivity index (χ3n) is 4.49. The normalized spacial score (nSPS) is 18.2. The van der Waals surface area contributed by atoms with E-state index in [2.05, 4.69) is 10.1 Å². The van der Waals surface area contributed by atoms with Crippen LogP contribution in [0.4, 0.5) is 18.9 Å². The van der Waals surface area contributed by atoms with Gasteiger partial charge in [-0.2, -0.15) is 4.31 Å². The van der Waals surface area contributed by atoms with Crippen LogP contribution >= 0.6 is 0 Å². The van der Waals surface area contributed by atoms with Gasteiger partial charge in [0.2, 0.25) is 15.9 Å². The molecule has 1 N–H and O–H groups in total. The van der Waals surface area contributed by atoms with Gasteiger partial charge in [-0.15, -0.1) is 13.2 Å². The monoisotopic (exact) mass is 428 g/mol. The number of hydrogen-bond acceptors (Lipinski definition) is 4. The quantitative estimate of drug-likeness (QED) is 0.789. The molecule has 0 aliphatic carbocycles. The van der Waals surface area contributed by atoms with Crippen molar-refractivity contribution in [2.45, 2.75) is 24.1 Å². The molecule has 6 nitrogen and oxygen atoms in total. The molecule has 1 amide bonds. The zero-order valence-corrected chi connectivity index (χ0v) is 16.0. The summed E-state index contributed by atoms with van der Waals surface area (Å²) < 4.78 is 68.8. The summed E-state index contributed by atoms with van der Waals surface area (Å²) in [6.07, 6.45) is -4.13. The second kappa shape index (κ2) is 8.42. The SMILES string of the molecule is O=C(Nc1ccccc1)[C@H]1CCCN(S(=O)(=O)c2ccccc2OC(F)(F)F)C1. The van der Waals surface area contributed by atoms with Crippen LogP contribution in [0.5, 0.6) is 5.75 Å². The van der Waals surface area contributed by atoms with Gasteiger partial charge in [-0.3, -0.25) is 4.79 Å². The molecule has 0 aromatic heterocycles. The molecule has 10 heteroatoms. The number of alkyl halides is 3. The minimum atomic E-state index is -5.02. The summed E-state index contributed by atoms with van der Waals surface area (Å²) >= 11 is 0. The molecule has 3 rings (SSSR count). The molecule has 1 fully saturated rings. The van der Waals surface area contributed by atoms with Crippen LogP contribution in [0.25, 0.3) is 0 Å². The highest BCUT2D eigenvalue weighted by Crippen LogP contribution is 2.33. The Bertz CT molecular complexity index is 965. The summed E-state index contributed by atoms with van der Waals surface area (Å²) in [5.41, 5.74) is 0.585. The van der Waals surface area contributed by atoms with E-state index in [1.165, 1.54) is 12.1 Å². The van der Waals surface area contributed by atoms with Gasteiger partial charge in [-0.1, -0.05) is 30.3 Å². The molecule has 156 valence electrons. The number of nitrogens with zero attached hydrogens (tertiary/aromatic N) is 1. The Morgan fingerprint density at radius 3 is 2.41 bits per heavy atom. The molecule has 1 aliphatic heterocycles. The number of halogens is 3. The second-order valence-electron chi connectivity index (χ2n) is 6.55. The molecule has 2 aromatic rings. The summed E-state index contributed by atoms with van der Waals surface area (Å²) in [7, 11) is -4.28. The second-order valence-corrected chi connectivity index (χ2v) is 8.46. The fourth-order valence-electron chi connectivity index (χ4n) is 3.15. The van der Waals surface area contributed by atoms with Gasteiger partial charge in [0.15, 0.2) is 0 Å². The van der Waals surface area contributed by atoms with Crippen LogP contribution in [0.2, 0.25) is 0 Å². The molecule has 0 unspecified atom stereocenters. The minimum absolute atomic E-state index is 0.109. The molecule has 1 saturated heterocycles. The van der Waals surface area contributed by atoms with Crippen molar-refractivity contribution in [2.75, 3.05) is 18.4 Å². The maximum atomic E-state index is 13.0. The van der Waals surface area contributed by atoms with Gasteiger partial charge < -0.3 is 10.1 Å². The number of para-hydroxylation sites is 2. The molecule has 29 heavy (non-hydrogen) atoms. The van der Waals surface area contributed by atoms with Crippen molar-refractivity contribution in [1.29, 1.82) is 0 Å². The van der Waals surface area contributed by atoms with Crippen LogP contribution in [-0.2, 0) is 14.8 Å². The van der Waals surface area contributed by atoms with Crippen LogP contribution in [0, 0.1) is 5.92 Å². The lowest BCUT2D eigenvalue weighted by Crippen LogP contribution is -2.43. The molecule has 1 aliphatic rings. The average molecular weight is 428 g/mol. The first-order valence-corrected chi connectivity index (χ1v) is 10.3. The topological polar surface area (TPSA) is 75.7 Å². The number of ether oxygens (including phenoxy) is 1. The molecule has 0 saturated carbocycles. The van der Waals surface area contributed by atoms with Crippen molar-refractivity contribution in [3.05, 3.63) is 54.6 Å². The summed E-state index contributed by atoms with van der Waals surface area (Å²) in [5, 5.41) is 2.73. The first-order chi connectivity index (χ1) is 13.7. The molecule has 2 aromatic carbocycles. The number of carbonyl (C=O) groups excluding carboxylic acids is 1. The number of rotatable bonds is 5. The van der Waals surface area contributed by atoms with Crippen LogP contribution in [0.1, 0.15) is 12.8 Å². The minimum Gasteiger partial charge on any atom is -0.404 e. The van der Waals surface area contributed by atoms with Gasteiger partial charge >= 0.3 is 6.36 Å². The number of anilines is 1. The highest BCUT2D eigenvalue weighted by Gasteiger charge is 2.38. The first kappa shape index (κ1) is 21.1. The Morgan fingerprint density at radius 2 is 1.72 bits per heavy atom. The van der Waals surface area contributed by atoms with Gasteiger partial charge in [-0.25, -0.2) is 8.42 Å². The van der Waals surface area contributed by atoms with E-state index in [4.69, 9.17) is 0 Å². The first-order valence-electron chi connectivity index (χ1n) is 8.88. The summed E-state index contributed by atoms with van der Waals surface area (Å²) in [4.78, 5) is 11.9. The fraction of sp³-hybridized carbons (Fsp3) is 0.316. The number of piperidine rings is 1. The number of hydrogen-bond donors (Lipinski definition) is 1. The van der Waals surface area contributed by atoms with Crippen molar-refractivity contribution < 1.29 is 31.1 Å². The van der Waals surface area contributed by atoms with E-state index in [9.17, 15) is 26.4 Å². The van der Waals surface area contributed by atoms with Crippen molar-refractivity contribution in [2.24, 2.45) is 5.92 Å². The van der Waals surface area contributed by atoms with Gasteiger partial charge in [0.1, 0.15) is 10.6 Å². The number of carbonyl (C=O) groups is 1. The van der Waals surface area contributed by atoms with Crippen molar-refractivity contribution in [3.63, 3.8) is 0 Å². The molecule has 0 radical (unpaired) electrons. The lowest BCUT2D eigenvalue weighted by Gasteiger charge is -2.31. The maximum absolute atomic E-state index is 13.0. The summed E-state index contributed by atoms with van der Waals surface area (Å²) in [6, 6.07) is 13.3. The lowest BCUT2D eigenvalue weighted by atomic mass is 9.99. The Morgan fingerprint density at radius 1 is 1.07 bits per heavy atom. The number of sulfonamides is 1. The maximum Gasteiger partial charge on any atom is 0.573 e. The van der Waals surface area contributed by atoms with Crippen molar-refractivity contribution in [1.82, 2.24) is 4.31 Å². The van der Waals surface area contributed by atoms with Gasteiger partial charge in [-0.05, 0) is 37.1 Å². The molecule has 1 heterocycles. The standard InChI is InChI=1S/C19H19F3N2O4S/c20-19(21,22)28-16-10-4-5-11-17(16)29(26,27)24-12-6-7-14(13-24)18(25)23-15-8-2-1-3-9-15/h1-5,8-11,14H,6-7,12-13H2,(H,23,25)/t14-/m0/s1. The largest absolute Gasteiger partial charge is 0.573 e. The summed E-state index contributed by atoms with van der Waals surface area (Å²) in [6.45, 7) is -0.0147. The predicted octanol–water partition coefficient (Wildman–Crippen LogP) is 3.62. The number of benzene rings is 2. The lowest BCUT2D eigenvalue weighted by molar-refractivity contribution is -0.275. The highest BCUT2D eigenvalue weighted by molar-refractivity contribution is 7.89. The fourth-order valence-corrected chi connectivity index (χ4v) is 4.79. The van der Waals surface area contributed by atoms with E-state index < -0.39 is 32.9 Å². The zero-order valence-electron chi connectivity index (χ0n) is 15.2. The van der Waals surface area contributed by atoms with E-state index >= 15 is 0 Å². The Labute approximate surface area is 166 Å². The third kappa shape index (κ3) is 5.27. The smallest absolute Gasteiger partial charge is 0.404 e. The molecule has 0 bridgehead atoms. The molecular weight excluding hydrogens is 409 g/mol. The Balaban J connectivity index is 1.79. The van der Waals surface area contributed by atoms with E-state index in [-0.39, 0.29) is 19.0 Å². The van der Waals surface area contributed by atoms with E-state index in [0.717, 1.165) is 16.4 Å². The third-order valence-corrected chi connectivity index (χ3v) is 6.39. The average Bonchev–Trinajstić information content (AvgIpc) is 2.68. The van der Waals surface area contributed by atoms with E-state index in [1.807, 2.05) is 0 Å². The van der Waals surface area contributed by atoms with Gasteiger partial charge in [0.25, 0.3) is 0 Å². The molecular formula is C19H19F3N2O4S. The van der Waals surface area contributed by atoms with Crippen LogP contribution in [0.15, 0.2) is 59.5 Å². The van der Waals surface area contributed by atoms with Gasteiger partial charge in [0.05, 0.1) is 5.92 Å².